The number of aliphatic carboxylic acids is 1. The third-order valence-electron chi connectivity index (χ3n) is 2.69. The van der Waals surface area contributed by atoms with Gasteiger partial charge in [-0.25, -0.2) is 0 Å². The second-order valence-corrected chi connectivity index (χ2v) is 3.52. The van der Waals surface area contributed by atoms with Crippen LogP contribution in [0.2, 0.25) is 0 Å². The summed E-state index contributed by atoms with van der Waals surface area (Å²) in [6.45, 7) is 5.34. The molecule has 1 heterocycles. The van der Waals surface area contributed by atoms with E-state index < -0.39 is 5.97 Å². The highest BCUT2D eigenvalue weighted by Crippen LogP contribution is 2.28. The summed E-state index contributed by atoms with van der Waals surface area (Å²) in [5.41, 5.74) is -0.347. The van der Waals surface area contributed by atoms with Gasteiger partial charge in [-0.05, 0) is 19.9 Å². The van der Waals surface area contributed by atoms with Crippen LogP contribution < -0.4 is 5.32 Å². The number of rotatable bonds is 4. The zero-order chi connectivity index (χ0) is 9.90. The summed E-state index contributed by atoms with van der Waals surface area (Å²) in [7, 11) is 0. The van der Waals surface area contributed by atoms with Crippen molar-refractivity contribution in [3.05, 3.63) is 0 Å². The second-order valence-electron chi connectivity index (χ2n) is 3.52. The van der Waals surface area contributed by atoms with Gasteiger partial charge in [-0.15, -0.1) is 0 Å². The second kappa shape index (κ2) is 4.07. The molecule has 0 spiro atoms. The van der Waals surface area contributed by atoms with Crippen LogP contribution in [-0.2, 0) is 9.53 Å². The number of carboxylic acid groups (broad SMARTS) is 1. The van der Waals surface area contributed by atoms with Crippen LogP contribution in [0.3, 0.4) is 0 Å². The highest BCUT2D eigenvalue weighted by atomic mass is 16.5. The van der Waals surface area contributed by atoms with Gasteiger partial charge in [-0.3, -0.25) is 4.79 Å². The maximum absolute atomic E-state index is 10.7. The van der Waals surface area contributed by atoms with Crippen molar-refractivity contribution in [1.29, 1.82) is 0 Å². The lowest BCUT2D eigenvalue weighted by molar-refractivity contribution is -0.139. The highest BCUT2D eigenvalue weighted by molar-refractivity contribution is 5.68. The standard InChI is InChI=1S/C9H17NO3/c1-3-10-9(6-8(11)12)4-5-13-7(9)2/h7,10H,3-6H2,1-2H3,(H,11,12). The van der Waals surface area contributed by atoms with Crippen LogP contribution in [0.15, 0.2) is 0 Å². The van der Waals surface area contributed by atoms with Crippen molar-refractivity contribution in [2.45, 2.75) is 38.3 Å². The molecule has 1 fully saturated rings. The van der Waals surface area contributed by atoms with Crippen molar-refractivity contribution in [3.8, 4) is 0 Å². The number of carbonyl (C=O) groups is 1. The molecule has 2 atom stereocenters. The van der Waals surface area contributed by atoms with Crippen LogP contribution >= 0.6 is 0 Å². The van der Waals surface area contributed by atoms with E-state index in [1.807, 2.05) is 13.8 Å². The lowest BCUT2D eigenvalue weighted by Gasteiger charge is -2.31. The van der Waals surface area contributed by atoms with Gasteiger partial charge < -0.3 is 15.2 Å². The summed E-state index contributed by atoms with van der Waals surface area (Å²) < 4.78 is 5.40. The molecule has 0 aromatic rings. The minimum atomic E-state index is -0.765. The number of hydrogen-bond acceptors (Lipinski definition) is 3. The smallest absolute Gasteiger partial charge is 0.305 e. The van der Waals surface area contributed by atoms with Crippen molar-refractivity contribution in [1.82, 2.24) is 5.32 Å². The molecule has 0 amide bonds. The van der Waals surface area contributed by atoms with Crippen LogP contribution in [0, 0.1) is 0 Å². The van der Waals surface area contributed by atoms with Gasteiger partial charge in [0.2, 0.25) is 0 Å². The van der Waals surface area contributed by atoms with Crippen LogP contribution in [0.25, 0.3) is 0 Å². The Morgan fingerprint density at radius 2 is 2.46 bits per heavy atom. The Balaban J connectivity index is 2.67. The van der Waals surface area contributed by atoms with E-state index in [0.717, 1.165) is 13.0 Å². The van der Waals surface area contributed by atoms with Crippen LogP contribution in [0.5, 0.6) is 0 Å². The van der Waals surface area contributed by atoms with Crippen LogP contribution in [-0.4, -0.2) is 35.9 Å². The van der Waals surface area contributed by atoms with E-state index in [1.165, 1.54) is 0 Å². The summed E-state index contributed by atoms with van der Waals surface area (Å²) in [5.74, 6) is -0.765. The molecule has 1 rings (SSSR count). The monoisotopic (exact) mass is 187 g/mol. The lowest BCUT2D eigenvalue weighted by Crippen LogP contribution is -2.51. The summed E-state index contributed by atoms with van der Waals surface area (Å²) in [4.78, 5) is 10.7. The SMILES string of the molecule is CCNC1(CC(=O)O)CCOC1C. The van der Waals surface area contributed by atoms with Gasteiger partial charge in [-0.2, -0.15) is 0 Å². The summed E-state index contributed by atoms with van der Waals surface area (Å²) in [5, 5.41) is 12.0. The molecule has 2 N–H and O–H groups in total. The molecule has 2 unspecified atom stereocenters. The Kier molecular flexibility index (Phi) is 3.27. The third-order valence-corrected chi connectivity index (χ3v) is 2.69. The first-order valence-electron chi connectivity index (χ1n) is 4.69. The molecule has 4 nitrogen and oxygen atoms in total. The normalized spacial score (nSPS) is 33.5. The Labute approximate surface area is 78.3 Å². The Morgan fingerprint density at radius 3 is 2.85 bits per heavy atom. The first-order chi connectivity index (χ1) is 6.10. The van der Waals surface area contributed by atoms with Crippen LogP contribution in [0.1, 0.15) is 26.7 Å². The van der Waals surface area contributed by atoms with E-state index in [2.05, 4.69) is 5.32 Å². The Morgan fingerprint density at radius 1 is 1.77 bits per heavy atom. The van der Waals surface area contributed by atoms with Crippen molar-refractivity contribution in [3.63, 3.8) is 0 Å². The quantitative estimate of drug-likeness (QED) is 0.677. The number of carboxylic acids is 1. The summed E-state index contributed by atoms with van der Waals surface area (Å²) >= 11 is 0. The molecule has 0 radical (unpaired) electrons. The van der Waals surface area contributed by atoms with E-state index >= 15 is 0 Å². The first-order valence-corrected chi connectivity index (χ1v) is 4.69. The number of nitrogens with one attached hydrogen (secondary N) is 1. The molecular weight excluding hydrogens is 170 g/mol. The van der Waals surface area contributed by atoms with E-state index in [1.54, 1.807) is 0 Å². The molecule has 0 aromatic heterocycles. The maximum Gasteiger partial charge on any atom is 0.305 e. The number of ether oxygens (including phenoxy) is 1. The summed E-state index contributed by atoms with van der Waals surface area (Å²) in [6, 6.07) is 0. The number of likely N-dealkylation sites (N-methyl/N-ethyl adjacent to an activating group) is 1. The van der Waals surface area contributed by atoms with Crippen molar-refractivity contribution >= 4 is 5.97 Å². The van der Waals surface area contributed by atoms with Crippen molar-refractivity contribution < 1.29 is 14.6 Å². The van der Waals surface area contributed by atoms with Crippen molar-refractivity contribution in [2.24, 2.45) is 0 Å². The fraction of sp³-hybridized carbons (Fsp3) is 0.889. The average Bonchev–Trinajstić information content (AvgIpc) is 2.32. The van der Waals surface area contributed by atoms with E-state index in [9.17, 15) is 4.79 Å². The minimum absolute atomic E-state index is 0.0106. The van der Waals surface area contributed by atoms with Gasteiger partial charge in [-0.1, -0.05) is 6.92 Å². The Hall–Kier alpha value is -0.610. The number of hydrogen-bond donors (Lipinski definition) is 2. The van der Waals surface area contributed by atoms with E-state index in [4.69, 9.17) is 9.84 Å². The predicted octanol–water partition coefficient (Wildman–Crippen LogP) is 0.618. The van der Waals surface area contributed by atoms with Gasteiger partial charge >= 0.3 is 5.97 Å². The molecule has 4 heteroatoms. The van der Waals surface area contributed by atoms with Gasteiger partial charge in [0, 0.05) is 6.61 Å². The zero-order valence-electron chi connectivity index (χ0n) is 8.17. The highest BCUT2D eigenvalue weighted by Gasteiger charge is 2.42. The predicted molar refractivity (Wildman–Crippen MR) is 48.7 cm³/mol. The molecule has 76 valence electrons. The topological polar surface area (TPSA) is 58.6 Å². The molecule has 0 aliphatic carbocycles. The molecule has 1 aliphatic rings. The largest absolute Gasteiger partial charge is 0.481 e. The van der Waals surface area contributed by atoms with E-state index in [0.29, 0.717) is 6.61 Å². The third kappa shape index (κ3) is 2.19. The molecule has 0 bridgehead atoms. The van der Waals surface area contributed by atoms with Gasteiger partial charge in [0.05, 0.1) is 18.1 Å². The molecule has 1 saturated heterocycles. The molecule has 13 heavy (non-hydrogen) atoms. The van der Waals surface area contributed by atoms with Gasteiger partial charge in [0.1, 0.15) is 0 Å². The fourth-order valence-corrected chi connectivity index (χ4v) is 1.93. The van der Waals surface area contributed by atoms with Gasteiger partial charge in [0.25, 0.3) is 0 Å². The molecule has 0 saturated carbocycles. The zero-order valence-corrected chi connectivity index (χ0v) is 8.17. The Bertz CT molecular complexity index is 195. The molecule has 1 aliphatic heterocycles. The fourth-order valence-electron chi connectivity index (χ4n) is 1.93. The maximum atomic E-state index is 10.7. The van der Waals surface area contributed by atoms with Crippen molar-refractivity contribution in [2.75, 3.05) is 13.2 Å². The van der Waals surface area contributed by atoms with E-state index in [-0.39, 0.29) is 18.1 Å². The summed E-state index contributed by atoms with van der Waals surface area (Å²) in [6.07, 6.45) is 0.916. The lowest BCUT2D eigenvalue weighted by atomic mass is 9.88. The average molecular weight is 187 g/mol. The van der Waals surface area contributed by atoms with Crippen LogP contribution in [0.4, 0.5) is 0 Å². The first kappa shape index (κ1) is 10.5. The molecule has 0 aromatic carbocycles. The molecular formula is C9H17NO3. The minimum Gasteiger partial charge on any atom is -0.481 e. The van der Waals surface area contributed by atoms with Gasteiger partial charge in [0.15, 0.2) is 0 Å².